The second kappa shape index (κ2) is 12.7. The number of hydrogen-bond donors (Lipinski definition) is 0. The van der Waals surface area contributed by atoms with Crippen molar-refractivity contribution in [3.63, 3.8) is 0 Å². The topological polar surface area (TPSA) is 8.81 Å². The van der Waals surface area contributed by atoms with Crippen LogP contribution in [0.25, 0.3) is 0 Å². The summed E-state index contributed by atoms with van der Waals surface area (Å²) in [5.74, 6) is 1.55. The van der Waals surface area contributed by atoms with Gasteiger partial charge in [-0.2, -0.15) is 0 Å². The van der Waals surface area contributed by atoms with Crippen LogP contribution >= 0.6 is 0 Å². The van der Waals surface area contributed by atoms with Crippen molar-refractivity contribution in [2.45, 2.75) is 111 Å². The maximum Gasteiger partial charge on any atom is 0.256 e. The molecule has 128 valence electrons. The fourth-order valence-electron chi connectivity index (χ4n) is 3.23. The first-order chi connectivity index (χ1) is 10.8. The molecule has 0 aliphatic heterocycles. The molecule has 22 heavy (non-hydrogen) atoms. The van der Waals surface area contributed by atoms with Gasteiger partial charge >= 0.3 is 0 Å². The highest BCUT2D eigenvalue weighted by Crippen LogP contribution is 2.10. The first kappa shape index (κ1) is 19.3. The number of nitrogens with zero attached hydrogens (tertiary/aromatic N) is 2. The third kappa shape index (κ3) is 7.47. The van der Waals surface area contributed by atoms with Gasteiger partial charge in [0, 0.05) is 6.42 Å². The summed E-state index contributed by atoms with van der Waals surface area (Å²) in [4.78, 5) is 0. The number of aromatic nitrogens is 2. The van der Waals surface area contributed by atoms with Crippen molar-refractivity contribution in [1.29, 1.82) is 0 Å². The van der Waals surface area contributed by atoms with E-state index in [4.69, 9.17) is 0 Å². The van der Waals surface area contributed by atoms with E-state index in [0.717, 1.165) is 6.54 Å². The SMILES string of the molecule is CCCCCCCCc1n(CCCCCCC)cc[n+]1CC. The summed E-state index contributed by atoms with van der Waals surface area (Å²) in [7, 11) is 0. The Bertz CT molecular complexity index is 368. The lowest BCUT2D eigenvalue weighted by atomic mass is 10.1. The molecule has 2 nitrogen and oxygen atoms in total. The number of rotatable bonds is 14. The van der Waals surface area contributed by atoms with Gasteiger partial charge in [-0.3, -0.25) is 0 Å². The molecule has 0 amide bonds. The maximum atomic E-state index is 2.52. The minimum Gasteiger partial charge on any atom is -0.235 e. The van der Waals surface area contributed by atoms with Gasteiger partial charge in [-0.05, 0) is 26.2 Å². The van der Waals surface area contributed by atoms with Crippen molar-refractivity contribution in [1.82, 2.24) is 4.57 Å². The molecule has 1 heterocycles. The second-order valence-electron chi connectivity index (χ2n) is 6.63. The number of imidazole rings is 1. The highest BCUT2D eigenvalue weighted by atomic mass is 15.1. The standard InChI is InChI=1S/C20H39N2/c1-4-7-9-11-12-14-16-20-21(6-3)18-19-22(20)17-15-13-10-8-5-2/h18-19H,4-17H2,1-3H3/q+1. The van der Waals surface area contributed by atoms with Crippen molar-refractivity contribution in [3.8, 4) is 0 Å². The minimum absolute atomic E-state index is 1.11. The zero-order valence-electron chi connectivity index (χ0n) is 15.4. The highest BCUT2D eigenvalue weighted by Gasteiger charge is 2.15. The molecular formula is C20H39N2+. The Morgan fingerprint density at radius 2 is 1.36 bits per heavy atom. The van der Waals surface area contributed by atoms with Gasteiger partial charge in [0.2, 0.25) is 0 Å². The molecule has 0 aromatic carbocycles. The average molecular weight is 308 g/mol. The van der Waals surface area contributed by atoms with Gasteiger partial charge in [0.15, 0.2) is 0 Å². The van der Waals surface area contributed by atoms with E-state index in [1.165, 1.54) is 83.6 Å². The molecule has 0 unspecified atom stereocenters. The van der Waals surface area contributed by atoms with Gasteiger partial charge < -0.3 is 0 Å². The van der Waals surface area contributed by atoms with E-state index in [0.29, 0.717) is 0 Å². The summed E-state index contributed by atoms with van der Waals surface area (Å²) in [6.07, 6.45) is 21.0. The molecule has 0 fully saturated rings. The lowest BCUT2D eigenvalue weighted by molar-refractivity contribution is -0.700. The van der Waals surface area contributed by atoms with Crippen LogP contribution in [0.5, 0.6) is 0 Å². The zero-order valence-corrected chi connectivity index (χ0v) is 15.4. The van der Waals surface area contributed by atoms with E-state index in [1.54, 1.807) is 5.82 Å². The molecule has 0 radical (unpaired) electrons. The predicted octanol–water partition coefficient (Wildman–Crippen LogP) is 5.67. The predicted molar refractivity (Wildman–Crippen MR) is 96.1 cm³/mol. The highest BCUT2D eigenvalue weighted by molar-refractivity contribution is 4.84. The molecule has 2 heteroatoms. The second-order valence-corrected chi connectivity index (χ2v) is 6.63. The first-order valence-electron chi connectivity index (χ1n) is 9.90. The Labute approximate surface area is 138 Å². The molecule has 0 saturated carbocycles. The Morgan fingerprint density at radius 1 is 0.773 bits per heavy atom. The zero-order chi connectivity index (χ0) is 16.0. The average Bonchev–Trinajstić information content (AvgIpc) is 2.92. The van der Waals surface area contributed by atoms with Crippen molar-refractivity contribution in [3.05, 3.63) is 18.2 Å². The summed E-state index contributed by atoms with van der Waals surface area (Å²) in [5.41, 5.74) is 0. The van der Waals surface area contributed by atoms with Gasteiger partial charge in [-0.1, -0.05) is 65.2 Å². The molecule has 0 spiro atoms. The van der Waals surface area contributed by atoms with E-state index in [2.05, 4.69) is 42.3 Å². The van der Waals surface area contributed by atoms with Crippen molar-refractivity contribution >= 4 is 0 Å². The lowest BCUT2D eigenvalue weighted by Crippen LogP contribution is -2.36. The molecule has 0 N–H and O–H groups in total. The molecular weight excluding hydrogens is 268 g/mol. The van der Waals surface area contributed by atoms with Crippen LogP contribution in [0.4, 0.5) is 0 Å². The smallest absolute Gasteiger partial charge is 0.235 e. The fourth-order valence-corrected chi connectivity index (χ4v) is 3.23. The minimum atomic E-state index is 1.11. The van der Waals surface area contributed by atoms with Gasteiger partial charge in [0.1, 0.15) is 12.4 Å². The quantitative estimate of drug-likeness (QED) is 0.309. The van der Waals surface area contributed by atoms with Gasteiger partial charge in [-0.15, -0.1) is 0 Å². The van der Waals surface area contributed by atoms with E-state index < -0.39 is 0 Å². The molecule has 1 aromatic heterocycles. The van der Waals surface area contributed by atoms with Gasteiger partial charge in [0.05, 0.1) is 13.1 Å². The summed E-state index contributed by atoms with van der Waals surface area (Å²) < 4.78 is 4.96. The van der Waals surface area contributed by atoms with E-state index in [-0.39, 0.29) is 0 Å². The Morgan fingerprint density at radius 3 is 2.00 bits per heavy atom. The largest absolute Gasteiger partial charge is 0.256 e. The molecule has 1 aromatic rings. The summed E-state index contributed by atoms with van der Waals surface area (Å²) in [6, 6.07) is 0. The van der Waals surface area contributed by atoms with Crippen LogP contribution in [-0.2, 0) is 19.5 Å². The number of unbranched alkanes of at least 4 members (excludes halogenated alkanes) is 9. The lowest BCUT2D eigenvalue weighted by Gasteiger charge is -2.05. The molecule has 0 saturated heterocycles. The Kier molecular flexibility index (Phi) is 11.1. The molecule has 1 rings (SSSR count). The molecule has 0 aliphatic carbocycles. The van der Waals surface area contributed by atoms with Gasteiger partial charge in [-0.25, -0.2) is 9.13 Å². The van der Waals surface area contributed by atoms with Crippen LogP contribution in [0.15, 0.2) is 12.4 Å². The summed E-state index contributed by atoms with van der Waals surface area (Å²) in [5, 5.41) is 0. The van der Waals surface area contributed by atoms with Crippen LogP contribution in [0.3, 0.4) is 0 Å². The van der Waals surface area contributed by atoms with Crippen LogP contribution in [0.2, 0.25) is 0 Å². The molecule has 0 aliphatic rings. The van der Waals surface area contributed by atoms with E-state index in [9.17, 15) is 0 Å². The van der Waals surface area contributed by atoms with Crippen molar-refractivity contribution < 1.29 is 4.57 Å². The van der Waals surface area contributed by atoms with Crippen LogP contribution in [0, 0.1) is 0 Å². The molecule has 0 atom stereocenters. The van der Waals surface area contributed by atoms with Crippen LogP contribution in [-0.4, -0.2) is 4.57 Å². The van der Waals surface area contributed by atoms with Crippen molar-refractivity contribution in [2.75, 3.05) is 0 Å². The van der Waals surface area contributed by atoms with E-state index in [1.807, 2.05) is 0 Å². The monoisotopic (exact) mass is 307 g/mol. The molecule has 0 bridgehead atoms. The number of aryl methyl sites for hydroxylation is 2. The Balaban J connectivity index is 2.34. The first-order valence-corrected chi connectivity index (χ1v) is 9.90. The normalized spacial score (nSPS) is 11.2. The number of hydrogen-bond acceptors (Lipinski definition) is 0. The van der Waals surface area contributed by atoms with Crippen LogP contribution in [0.1, 0.15) is 97.2 Å². The maximum absolute atomic E-state index is 2.52. The third-order valence-electron chi connectivity index (χ3n) is 4.69. The summed E-state index contributed by atoms with van der Waals surface area (Å²) >= 11 is 0. The fraction of sp³-hybridized carbons (Fsp3) is 0.850. The van der Waals surface area contributed by atoms with Gasteiger partial charge in [0.25, 0.3) is 5.82 Å². The van der Waals surface area contributed by atoms with Crippen molar-refractivity contribution in [2.24, 2.45) is 0 Å². The van der Waals surface area contributed by atoms with Crippen LogP contribution < -0.4 is 4.57 Å². The third-order valence-corrected chi connectivity index (χ3v) is 4.69. The Hall–Kier alpha value is -0.790. The van der Waals surface area contributed by atoms with E-state index >= 15 is 0 Å². The summed E-state index contributed by atoms with van der Waals surface area (Å²) in [6.45, 7) is 9.15.